The second-order valence-electron chi connectivity index (χ2n) is 5.39. The first-order valence-corrected chi connectivity index (χ1v) is 7.40. The Hall–Kier alpha value is -1.70. The molecule has 0 aromatic heterocycles. The van der Waals surface area contributed by atoms with Gasteiger partial charge in [-0.3, -0.25) is 4.79 Å². The Morgan fingerprint density at radius 2 is 2.04 bits per heavy atom. The number of rotatable bonds is 7. The number of methoxy groups -OCH3 is 1. The molecular formula is C16H24O7. The molecule has 0 amide bonds. The van der Waals surface area contributed by atoms with E-state index in [0.717, 1.165) is 0 Å². The molecule has 1 aliphatic rings. The van der Waals surface area contributed by atoms with Gasteiger partial charge in [0, 0.05) is 12.7 Å². The summed E-state index contributed by atoms with van der Waals surface area (Å²) in [5, 5.41) is 19.0. The number of carbonyl (C=O) groups is 2. The molecule has 1 saturated heterocycles. The highest BCUT2D eigenvalue weighted by atomic mass is 16.6. The maximum atomic E-state index is 12.0. The molecule has 1 heterocycles. The molecule has 1 fully saturated rings. The predicted molar refractivity (Wildman–Crippen MR) is 81.4 cm³/mol. The monoisotopic (exact) mass is 328 g/mol. The highest BCUT2D eigenvalue weighted by Gasteiger charge is 2.41. The van der Waals surface area contributed by atoms with Crippen molar-refractivity contribution in [1.29, 1.82) is 0 Å². The Labute approximate surface area is 135 Å². The third-order valence-electron chi connectivity index (χ3n) is 3.62. The lowest BCUT2D eigenvalue weighted by Gasteiger charge is -2.24. The van der Waals surface area contributed by atoms with E-state index in [4.69, 9.17) is 14.2 Å². The summed E-state index contributed by atoms with van der Waals surface area (Å²) in [4.78, 5) is 23.5. The number of allylic oxidation sites excluding steroid dienone is 1. The van der Waals surface area contributed by atoms with E-state index in [9.17, 15) is 19.8 Å². The van der Waals surface area contributed by atoms with Crippen LogP contribution in [0.25, 0.3) is 0 Å². The summed E-state index contributed by atoms with van der Waals surface area (Å²) in [6, 6.07) is 0. The predicted octanol–water partition coefficient (Wildman–Crippen LogP) is 0.493. The van der Waals surface area contributed by atoms with Crippen LogP contribution in [0.4, 0.5) is 0 Å². The van der Waals surface area contributed by atoms with E-state index in [1.165, 1.54) is 26.2 Å². The molecule has 23 heavy (non-hydrogen) atoms. The minimum atomic E-state index is -1.13. The van der Waals surface area contributed by atoms with E-state index in [0.29, 0.717) is 5.57 Å². The van der Waals surface area contributed by atoms with Crippen LogP contribution < -0.4 is 0 Å². The summed E-state index contributed by atoms with van der Waals surface area (Å²) in [6.07, 6.45) is -0.0473. The van der Waals surface area contributed by atoms with Crippen LogP contribution in [-0.2, 0) is 23.8 Å². The molecule has 7 nitrogen and oxygen atoms in total. The van der Waals surface area contributed by atoms with Gasteiger partial charge in [0.2, 0.25) is 0 Å². The second kappa shape index (κ2) is 8.81. The lowest BCUT2D eigenvalue weighted by Crippen LogP contribution is -2.38. The third kappa shape index (κ3) is 5.46. The van der Waals surface area contributed by atoms with Crippen LogP contribution in [-0.4, -0.2) is 59.8 Å². The van der Waals surface area contributed by atoms with Crippen molar-refractivity contribution in [3.8, 4) is 0 Å². The average molecular weight is 328 g/mol. The smallest absolute Gasteiger partial charge is 0.334 e. The van der Waals surface area contributed by atoms with E-state index in [1.807, 2.05) is 0 Å². The molecule has 0 bridgehead atoms. The Morgan fingerprint density at radius 1 is 1.39 bits per heavy atom. The maximum absolute atomic E-state index is 12.0. The van der Waals surface area contributed by atoms with Gasteiger partial charge < -0.3 is 24.4 Å². The van der Waals surface area contributed by atoms with Gasteiger partial charge in [0.15, 0.2) is 12.2 Å². The summed E-state index contributed by atoms with van der Waals surface area (Å²) in [6.45, 7) is 4.72. The molecule has 0 radical (unpaired) electrons. The lowest BCUT2D eigenvalue weighted by molar-refractivity contribution is -0.157. The molecule has 0 spiro atoms. The van der Waals surface area contributed by atoms with Crippen LogP contribution in [0.15, 0.2) is 23.8 Å². The summed E-state index contributed by atoms with van der Waals surface area (Å²) >= 11 is 0. The summed E-state index contributed by atoms with van der Waals surface area (Å²) in [5.41, 5.74) is 0.401. The fourth-order valence-corrected chi connectivity index (χ4v) is 1.99. The second-order valence-corrected chi connectivity index (χ2v) is 5.39. The van der Waals surface area contributed by atoms with E-state index >= 15 is 0 Å². The van der Waals surface area contributed by atoms with Gasteiger partial charge in [-0.05, 0) is 26.8 Å². The van der Waals surface area contributed by atoms with Crippen LogP contribution in [0, 0.1) is 0 Å². The number of aliphatic hydroxyl groups is 2. The van der Waals surface area contributed by atoms with Gasteiger partial charge in [-0.1, -0.05) is 12.2 Å². The normalized spacial score (nSPS) is 26.0. The lowest BCUT2D eigenvalue weighted by atomic mass is 10.1. The van der Waals surface area contributed by atoms with Gasteiger partial charge in [-0.2, -0.15) is 0 Å². The van der Waals surface area contributed by atoms with Crippen LogP contribution in [0.1, 0.15) is 27.2 Å². The van der Waals surface area contributed by atoms with Gasteiger partial charge in [0.1, 0.15) is 6.10 Å². The summed E-state index contributed by atoms with van der Waals surface area (Å²) in [5.74, 6) is -1.01. The zero-order valence-corrected chi connectivity index (χ0v) is 13.8. The van der Waals surface area contributed by atoms with Crippen molar-refractivity contribution >= 4 is 11.9 Å². The van der Waals surface area contributed by atoms with Gasteiger partial charge in [0.05, 0.1) is 18.6 Å². The van der Waals surface area contributed by atoms with Gasteiger partial charge in [-0.25, -0.2) is 4.79 Å². The number of hydrogen-bond acceptors (Lipinski definition) is 7. The van der Waals surface area contributed by atoms with E-state index < -0.39 is 42.5 Å². The molecule has 5 atom stereocenters. The average Bonchev–Trinajstić information content (AvgIpc) is 2.90. The summed E-state index contributed by atoms with van der Waals surface area (Å²) < 4.78 is 15.7. The molecule has 130 valence electrons. The first kappa shape index (κ1) is 19.3. The molecule has 2 N–H and O–H groups in total. The molecule has 1 aliphatic heterocycles. The molecule has 5 unspecified atom stereocenters. The van der Waals surface area contributed by atoms with Crippen LogP contribution >= 0.6 is 0 Å². The first-order chi connectivity index (χ1) is 10.8. The SMILES string of the molecule is C/C=C(\C)C(=O)OC(/C=C/C(O)C(C)O)C1OC(=O)CC1OC. The van der Waals surface area contributed by atoms with Gasteiger partial charge in [-0.15, -0.1) is 0 Å². The van der Waals surface area contributed by atoms with Crippen molar-refractivity contribution < 1.29 is 34.0 Å². The fraction of sp³-hybridized carbons (Fsp3) is 0.625. The van der Waals surface area contributed by atoms with Crippen molar-refractivity contribution in [2.75, 3.05) is 7.11 Å². The van der Waals surface area contributed by atoms with Gasteiger partial charge in [0.25, 0.3) is 0 Å². The van der Waals surface area contributed by atoms with Crippen molar-refractivity contribution in [3.05, 3.63) is 23.8 Å². The Bertz CT molecular complexity index is 481. The topological polar surface area (TPSA) is 102 Å². The number of aliphatic hydroxyl groups excluding tert-OH is 2. The Morgan fingerprint density at radius 3 is 2.57 bits per heavy atom. The Balaban J connectivity index is 2.96. The van der Waals surface area contributed by atoms with Crippen molar-refractivity contribution in [2.45, 2.75) is 57.7 Å². The third-order valence-corrected chi connectivity index (χ3v) is 3.62. The zero-order valence-electron chi connectivity index (χ0n) is 13.8. The minimum Gasteiger partial charge on any atom is -0.455 e. The minimum absolute atomic E-state index is 0.0601. The van der Waals surface area contributed by atoms with Crippen molar-refractivity contribution in [2.24, 2.45) is 0 Å². The molecular weight excluding hydrogens is 304 g/mol. The standard InChI is InChI=1S/C16H24O7/c1-5-9(2)16(20)22-12(7-6-11(18)10(3)17)15-13(21-4)8-14(19)23-15/h5-7,10-13,15,17-18H,8H2,1-4H3/b7-6+,9-5+. The number of esters is 2. The molecule has 0 aliphatic carbocycles. The number of cyclic esters (lactones) is 1. The summed E-state index contributed by atoms with van der Waals surface area (Å²) in [7, 11) is 1.43. The van der Waals surface area contributed by atoms with E-state index in [2.05, 4.69) is 0 Å². The highest BCUT2D eigenvalue weighted by Crippen LogP contribution is 2.24. The quantitative estimate of drug-likeness (QED) is 0.398. The largest absolute Gasteiger partial charge is 0.455 e. The molecule has 7 heteroatoms. The number of ether oxygens (including phenoxy) is 3. The fourth-order valence-electron chi connectivity index (χ4n) is 1.99. The highest BCUT2D eigenvalue weighted by molar-refractivity contribution is 5.87. The Kier molecular flexibility index (Phi) is 7.41. The molecule has 0 aromatic rings. The number of hydrogen-bond donors (Lipinski definition) is 2. The molecule has 0 saturated carbocycles. The molecule has 1 rings (SSSR count). The van der Waals surface area contributed by atoms with E-state index in [-0.39, 0.29) is 6.42 Å². The van der Waals surface area contributed by atoms with Crippen LogP contribution in [0.3, 0.4) is 0 Å². The van der Waals surface area contributed by atoms with Crippen molar-refractivity contribution in [1.82, 2.24) is 0 Å². The number of carbonyl (C=O) groups excluding carboxylic acids is 2. The van der Waals surface area contributed by atoms with Gasteiger partial charge >= 0.3 is 11.9 Å². The van der Waals surface area contributed by atoms with Crippen LogP contribution in [0.2, 0.25) is 0 Å². The molecule has 0 aromatic carbocycles. The first-order valence-electron chi connectivity index (χ1n) is 7.40. The zero-order chi connectivity index (χ0) is 17.6. The van der Waals surface area contributed by atoms with Crippen LogP contribution in [0.5, 0.6) is 0 Å². The maximum Gasteiger partial charge on any atom is 0.334 e. The van der Waals surface area contributed by atoms with E-state index in [1.54, 1.807) is 19.9 Å². The van der Waals surface area contributed by atoms with Crippen molar-refractivity contribution in [3.63, 3.8) is 0 Å².